The maximum atomic E-state index is 12.5. The van der Waals surface area contributed by atoms with Gasteiger partial charge in [0.15, 0.2) is 0 Å². The molecule has 1 aromatic heterocycles. The van der Waals surface area contributed by atoms with Crippen molar-refractivity contribution in [2.24, 2.45) is 0 Å². The summed E-state index contributed by atoms with van der Waals surface area (Å²) in [5.74, 6) is 0.536. The highest BCUT2D eigenvalue weighted by molar-refractivity contribution is 6.42. The lowest BCUT2D eigenvalue weighted by Gasteiger charge is -2.33. The third kappa shape index (κ3) is 5.56. The number of hydrogen-bond acceptors (Lipinski definition) is 7. The van der Waals surface area contributed by atoms with Crippen molar-refractivity contribution in [2.45, 2.75) is 32.4 Å². The molecule has 1 aliphatic rings. The van der Waals surface area contributed by atoms with Gasteiger partial charge < -0.3 is 19.1 Å². The van der Waals surface area contributed by atoms with Crippen LogP contribution in [-0.2, 0) is 11.3 Å². The van der Waals surface area contributed by atoms with E-state index in [0.717, 1.165) is 42.9 Å². The lowest BCUT2D eigenvalue weighted by atomic mass is 10.1. The predicted octanol–water partition coefficient (Wildman–Crippen LogP) is 4.87. The lowest BCUT2D eigenvalue weighted by molar-refractivity contribution is 0.0509. The van der Waals surface area contributed by atoms with Gasteiger partial charge in [-0.1, -0.05) is 40.5 Å². The summed E-state index contributed by atoms with van der Waals surface area (Å²) in [7, 11) is 1.62. The minimum Gasteiger partial charge on any atom is -0.497 e. The number of ether oxygens (including phenoxy) is 3. The van der Waals surface area contributed by atoms with Gasteiger partial charge in [-0.05, 0) is 42.8 Å². The Kier molecular flexibility index (Phi) is 7.80. The lowest BCUT2D eigenvalue weighted by Crippen LogP contribution is -2.38. The molecule has 1 saturated heterocycles. The molecule has 8 nitrogen and oxygen atoms in total. The van der Waals surface area contributed by atoms with Gasteiger partial charge in [-0.25, -0.2) is 9.48 Å². The van der Waals surface area contributed by atoms with E-state index in [0.29, 0.717) is 22.5 Å². The van der Waals surface area contributed by atoms with Gasteiger partial charge in [-0.15, -0.1) is 5.10 Å². The SMILES string of the molecule is CCOC(=O)c1nnn(Cc2ccc(OC)cc2)c1OC1CCN(c2ccc(Cl)c(Cl)c2)CC1. The Balaban J connectivity index is 1.48. The number of nitrogens with zero attached hydrogens (tertiary/aromatic N) is 4. The minimum atomic E-state index is -0.549. The second-order valence-electron chi connectivity index (χ2n) is 7.87. The van der Waals surface area contributed by atoms with Crippen LogP contribution in [0.4, 0.5) is 5.69 Å². The van der Waals surface area contributed by atoms with Crippen LogP contribution in [0.1, 0.15) is 35.8 Å². The fourth-order valence-electron chi connectivity index (χ4n) is 3.83. The molecule has 0 atom stereocenters. The first kappa shape index (κ1) is 24.2. The highest BCUT2D eigenvalue weighted by Gasteiger charge is 2.28. The highest BCUT2D eigenvalue weighted by atomic mass is 35.5. The first-order valence-electron chi connectivity index (χ1n) is 11.1. The van der Waals surface area contributed by atoms with Crippen LogP contribution in [0.25, 0.3) is 0 Å². The van der Waals surface area contributed by atoms with Crippen molar-refractivity contribution in [1.29, 1.82) is 0 Å². The molecule has 0 N–H and O–H groups in total. The third-order valence-electron chi connectivity index (χ3n) is 5.64. The van der Waals surface area contributed by atoms with E-state index in [1.807, 2.05) is 36.4 Å². The summed E-state index contributed by atoms with van der Waals surface area (Å²) >= 11 is 12.2. The van der Waals surface area contributed by atoms with Gasteiger partial charge in [-0.2, -0.15) is 0 Å². The van der Waals surface area contributed by atoms with Crippen molar-refractivity contribution in [1.82, 2.24) is 15.0 Å². The summed E-state index contributed by atoms with van der Waals surface area (Å²) < 4.78 is 18.3. The van der Waals surface area contributed by atoms with E-state index < -0.39 is 5.97 Å². The molecule has 2 heterocycles. The van der Waals surface area contributed by atoms with Crippen LogP contribution >= 0.6 is 23.2 Å². The van der Waals surface area contributed by atoms with Crippen molar-refractivity contribution >= 4 is 34.9 Å². The van der Waals surface area contributed by atoms with Crippen LogP contribution in [-0.4, -0.2) is 53.9 Å². The quantitative estimate of drug-likeness (QED) is 0.405. The zero-order valence-corrected chi connectivity index (χ0v) is 20.6. The van der Waals surface area contributed by atoms with Crippen LogP contribution < -0.4 is 14.4 Å². The van der Waals surface area contributed by atoms with Crippen LogP contribution in [0.3, 0.4) is 0 Å². The Hall–Kier alpha value is -2.97. The number of carbonyl (C=O) groups is 1. The normalized spacial score (nSPS) is 14.2. The number of methoxy groups -OCH3 is 1. The molecule has 4 rings (SSSR count). The van der Waals surface area contributed by atoms with Gasteiger partial charge in [-0.3, -0.25) is 0 Å². The average molecular weight is 505 g/mol. The Labute approximate surface area is 208 Å². The standard InChI is InChI=1S/C24H26Cl2N4O4/c1-3-33-24(31)22-23(30(28-27-22)15-16-4-7-18(32-2)8-5-16)34-19-10-12-29(13-11-19)17-6-9-20(25)21(26)14-17/h4-9,14,19H,3,10-13,15H2,1-2H3. The van der Waals surface area contributed by atoms with Crippen molar-refractivity contribution in [3.8, 4) is 11.6 Å². The largest absolute Gasteiger partial charge is 0.497 e. The van der Waals surface area contributed by atoms with Crippen LogP contribution in [0, 0.1) is 0 Å². The fourth-order valence-corrected chi connectivity index (χ4v) is 4.12. The number of hydrogen-bond donors (Lipinski definition) is 0. The summed E-state index contributed by atoms with van der Waals surface area (Å²) in [5.41, 5.74) is 2.08. The number of piperidine rings is 1. The molecule has 34 heavy (non-hydrogen) atoms. The van der Waals surface area contributed by atoms with E-state index in [2.05, 4.69) is 15.2 Å². The molecule has 1 fully saturated rings. The Morgan fingerprint density at radius 1 is 1.09 bits per heavy atom. The Morgan fingerprint density at radius 2 is 1.82 bits per heavy atom. The van der Waals surface area contributed by atoms with Crippen LogP contribution in [0.5, 0.6) is 11.6 Å². The Bertz CT molecular complexity index is 1130. The number of anilines is 1. The summed E-state index contributed by atoms with van der Waals surface area (Å²) in [4.78, 5) is 14.7. The van der Waals surface area contributed by atoms with E-state index in [1.54, 1.807) is 24.8 Å². The highest BCUT2D eigenvalue weighted by Crippen LogP contribution is 2.30. The summed E-state index contributed by atoms with van der Waals surface area (Å²) in [6.07, 6.45) is 1.42. The molecule has 1 aliphatic heterocycles. The summed E-state index contributed by atoms with van der Waals surface area (Å²) in [5, 5.41) is 9.30. The zero-order valence-electron chi connectivity index (χ0n) is 19.0. The molecule has 3 aromatic rings. The summed E-state index contributed by atoms with van der Waals surface area (Å²) in [6.45, 7) is 3.94. The predicted molar refractivity (Wildman–Crippen MR) is 130 cm³/mol. The summed E-state index contributed by atoms with van der Waals surface area (Å²) in [6, 6.07) is 13.3. The number of esters is 1. The smallest absolute Gasteiger partial charge is 0.364 e. The maximum absolute atomic E-state index is 12.5. The number of benzene rings is 2. The van der Waals surface area contributed by atoms with E-state index in [9.17, 15) is 4.79 Å². The topological polar surface area (TPSA) is 78.7 Å². The molecule has 0 unspecified atom stereocenters. The zero-order chi connectivity index (χ0) is 24.1. The minimum absolute atomic E-state index is 0.0854. The second-order valence-corrected chi connectivity index (χ2v) is 8.69. The maximum Gasteiger partial charge on any atom is 0.364 e. The average Bonchev–Trinajstić information content (AvgIpc) is 3.24. The third-order valence-corrected chi connectivity index (χ3v) is 6.38. The van der Waals surface area contributed by atoms with Gasteiger partial charge >= 0.3 is 5.97 Å². The molecule has 0 aliphatic carbocycles. The van der Waals surface area contributed by atoms with Gasteiger partial charge in [0.05, 0.1) is 30.3 Å². The van der Waals surface area contributed by atoms with Crippen LogP contribution in [0.2, 0.25) is 10.0 Å². The molecule has 0 spiro atoms. The van der Waals surface area contributed by atoms with E-state index in [-0.39, 0.29) is 18.4 Å². The van der Waals surface area contributed by atoms with Crippen molar-refractivity contribution in [2.75, 3.05) is 31.7 Å². The fraction of sp³-hybridized carbons (Fsp3) is 0.375. The first-order chi connectivity index (χ1) is 16.5. The monoisotopic (exact) mass is 504 g/mol. The van der Waals surface area contributed by atoms with Gasteiger partial charge in [0, 0.05) is 31.6 Å². The Morgan fingerprint density at radius 3 is 2.47 bits per heavy atom. The molecule has 0 bridgehead atoms. The van der Waals surface area contributed by atoms with Crippen molar-refractivity contribution in [3.05, 3.63) is 63.8 Å². The van der Waals surface area contributed by atoms with Gasteiger partial charge in [0.2, 0.25) is 11.6 Å². The van der Waals surface area contributed by atoms with Crippen LogP contribution in [0.15, 0.2) is 42.5 Å². The second kappa shape index (κ2) is 11.0. The molecular weight excluding hydrogens is 479 g/mol. The molecule has 0 radical (unpaired) electrons. The molecule has 0 saturated carbocycles. The van der Waals surface area contributed by atoms with Gasteiger partial charge in [0.1, 0.15) is 11.9 Å². The van der Waals surface area contributed by atoms with E-state index in [4.69, 9.17) is 37.4 Å². The van der Waals surface area contributed by atoms with E-state index >= 15 is 0 Å². The number of rotatable bonds is 8. The number of carbonyl (C=O) groups excluding carboxylic acids is 1. The molecule has 10 heteroatoms. The van der Waals surface area contributed by atoms with Crippen molar-refractivity contribution < 1.29 is 19.0 Å². The number of halogens is 2. The van der Waals surface area contributed by atoms with Crippen molar-refractivity contribution in [3.63, 3.8) is 0 Å². The molecule has 180 valence electrons. The van der Waals surface area contributed by atoms with Gasteiger partial charge in [0.25, 0.3) is 0 Å². The molecular formula is C24H26Cl2N4O4. The molecule has 0 amide bonds. The molecule has 2 aromatic carbocycles. The number of aromatic nitrogens is 3. The van der Waals surface area contributed by atoms with E-state index in [1.165, 1.54) is 0 Å². The first-order valence-corrected chi connectivity index (χ1v) is 11.8.